The maximum atomic E-state index is 12.1. The van der Waals surface area contributed by atoms with Gasteiger partial charge in [-0.05, 0) is 28.1 Å². The van der Waals surface area contributed by atoms with Crippen LogP contribution in [0.3, 0.4) is 0 Å². The minimum absolute atomic E-state index is 0.168. The van der Waals surface area contributed by atoms with Gasteiger partial charge in [0.2, 0.25) is 0 Å². The van der Waals surface area contributed by atoms with Gasteiger partial charge in [-0.25, -0.2) is 0 Å². The number of carbonyl (C=O) groups is 1. The number of anilines is 1. The topological polar surface area (TPSA) is 56.1 Å². The first-order valence-electron chi connectivity index (χ1n) is 5.78. The fourth-order valence-electron chi connectivity index (χ4n) is 1.58. The monoisotopic (exact) mass is 323 g/mol. The summed E-state index contributed by atoms with van der Waals surface area (Å²) < 4.78 is 7.45. The molecule has 1 aromatic carbocycles. The van der Waals surface area contributed by atoms with Crippen molar-refractivity contribution in [1.82, 2.24) is 9.78 Å². The van der Waals surface area contributed by atoms with Gasteiger partial charge in [0.25, 0.3) is 5.91 Å². The van der Waals surface area contributed by atoms with Crippen LogP contribution in [0.5, 0.6) is 0 Å². The predicted octanol–water partition coefficient (Wildman–Crippen LogP) is 2.54. The zero-order valence-electron chi connectivity index (χ0n) is 10.5. The Balaban J connectivity index is 2.03. The highest BCUT2D eigenvalue weighted by Gasteiger charge is 2.10. The Morgan fingerprint density at radius 1 is 1.47 bits per heavy atom. The number of carbonyl (C=O) groups excluding carboxylic acids is 1. The fourth-order valence-corrected chi connectivity index (χ4v) is 2.04. The van der Waals surface area contributed by atoms with Gasteiger partial charge in [-0.3, -0.25) is 9.48 Å². The molecule has 0 atom stereocenters. The SMILES string of the molecule is COCCn1cc(NC(=O)c2ccccc2Br)cn1. The number of methoxy groups -OCH3 is 1. The van der Waals surface area contributed by atoms with Gasteiger partial charge in [-0.1, -0.05) is 12.1 Å². The van der Waals surface area contributed by atoms with Crippen LogP contribution in [0.2, 0.25) is 0 Å². The van der Waals surface area contributed by atoms with Crippen molar-refractivity contribution in [2.75, 3.05) is 19.0 Å². The number of halogens is 1. The normalized spacial score (nSPS) is 10.4. The van der Waals surface area contributed by atoms with E-state index in [0.29, 0.717) is 24.4 Å². The maximum absolute atomic E-state index is 12.1. The quantitative estimate of drug-likeness (QED) is 0.920. The van der Waals surface area contributed by atoms with E-state index in [1.165, 1.54) is 0 Å². The van der Waals surface area contributed by atoms with Crippen LogP contribution >= 0.6 is 15.9 Å². The molecule has 1 N–H and O–H groups in total. The number of hydrogen-bond acceptors (Lipinski definition) is 3. The van der Waals surface area contributed by atoms with Gasteiger partial charge in [-0.2, -0.15) is 5.10 Å². The van der Waals surface area contributed by atoms with Gasteiger partial charge in [0.05, 0.1) is 30.6 Å². The van der Waals surface area contributed by atoms with Crippen molar-refractivity contribution in [2.24, 2.45) is 0 Å². The molecule has 100 valence electrons. The molecule has 0 fully saturated rings. The summed E-state index contributed by atoms with van der Waals surface area (Å²) in [6.07, 6.45) is 3.39. The molecular weight excluding hydrogens is 310 g/mol. The molecule has 2 rings (SSSR count). The minimum atomic E-state index is -0.168. The van der Waals surface area contributed by atoms with E-state index in [1.54, 1.807) is 30.3 Å². The fraction of sp³-hybridized carbons (Fsp3) is 0.231. The van der Waals surface area contributed by atoms with Gasteiger partial charge in [0, 0.05) is 17.8 Å². The zero-order chi connectivity index (χ0) is 13.7. The Hall–Kier alpha value is -1.66. The summed E-state index contributed by atoms with van der Waals surface area (Å²) in [5.41, 5.74) is 1.25. The first kappa shape index (κ1) is 13.8. The lowest BCUT2D eigenvalue weighted by Crippen LogP contribution is -2.12. The van der Waals surface area contributed by atoms with Crippen molar-refractivity contribution >= 4 is 27.5 Å². The summed E-state index contributed by atoms with van der Waals surface area (Å²) >= 11 is 3.35. The Bertz CT molecular complexity index is 569. The van der Waals surface area contributed by atoms with Crippen molar-refractivity contribution in [2.45, 2.75) is 6.54 Å². The molecule has 0 aliphatic carbocycles. The number of hydrogen-bond donors (Lipinski definition) is 1. The smallest absolute Gasteiger partial charge is 0.256 e. The second-order valence-corrected chi connectivity index (χ2v) is 4.77. The van der Waals surface area contributed by atoms with E-state index in [0.717, 1.165) is 4.47 Å². The van der Waals surface area contributed by atoms with Crippen LogP contribution in [0, 0.1) is 0 Å². The summed E-state index contributed by atoms with van der Waals surface area (Å²) in [7, 11) is 1.64. The number of nitrogens with zero attached hydrogens (tertiary/aromatic N) is 2. The van der Waals surface area contributed by atoms with Gasteiger partial charge < -0.3 is 10.1 Å². The lowest BCUT2D eigenvalue weighted by Gasteiger charge is -2.04. The second-order valence-electron chi connectivity index (χ2n) is 3.92. The first-order chi connectivity index (χ1) is 9.20. The van der Waals surface area contributed by atoms with Crippen LogP contribution < -0.4 is 5.32 Å². The Labute approximate surface area is 119 Å². The van der Waals surface area contributed by atoms with Crippen molar-refractivity contribution in [1.29, 1.82) is 0 Å². The summed E-state index contributed by atoms with van der Waals surface area (Å²) in [5.74, 6) is -0.168. The lowest BCUT2D eigenvalue weighted by molar-refractivity contribution is 0.102. The maximum Gasteiger partial charge on any atom is 0.256 e. The molecule has 0 saturated heterocycles. The summed E-state index contributed by atoms with van der Waals surface area (Å²) in [6, 6.07) is 7.27. The molecule has 0 unspecified atom stereocenters. The van der Waals surface area contributed by atoms with Gasteiger partial charge in [0.15, 0.2) is 0 Å². The average molecular weight is 324 g/mol. The highest BCUT2D eigenvalue weighted by atomic mass is 79.9. The summed E-state index contributed by atoms with van der Waals surface area (Å²) in [4.78, 5) is 12.1. The molecule has 0 radical (unpaired) electrons. The molecule has 0 bridgehead atoms. The average Bonchev–Trinajstić information content (AvgIpc) is 2.84. The zero-order valence-corrected chi connectivity index (χ0v) is 12.1. The lowest BCUT2D eigenvalue weighted by atomic mass is 10.2. The van der Waals surface area contributed by atoms with Crippen LogP contribution in [0.25, 0.3) is 0 Å². The molecule has 1 heterocycles. The molecule has 1 aromatic heterocycles. The third kappa shape index (κ3) is 3.65. The largest absolute Gasteiger partial charge is 0.383 e. The number of aromatic nitrogens is 2. The van der Waals surface area contributed by atoms with E-state index in [-0.39, 0.29) is 5.91 Å². The minimum Gasteiger partial charge on any atom is -0.383 e. The molecule has 6 heteroatoms. The predicted molar refractivity (Wildman–Crippen MR) is 76.2 cm³/mol. The molecule has 5 nitrogen and oxygen atoms in total. The van der Waals surface area contributed by atoms with Crippen molar-refractivity contribution < 1.29 is 9.53 Å². The standard InChI is InChI=1S/C13H14BrN3O2/c1-19-7-6-17-9-10(8-15-17)16-13(18)11-4-2-3-5-12(11)14/h2-5,8-9H,6-7H2,1H3,(H,16,18). The third-order valence-electron chi connectivity index (χ3n) is 2.53. The van der Waals surface area contributed by atoms with Crippen molar-refractivity contribution in [3.8, 4) is 0 Å². The highest BCUT2D eigenvalue weighted by molar-refractivity contribution is 9.10. The molecule has 0 spiro atoms. The van der Waals surface area contributed by atoms with E-state index in [4.69, 9.17) is 4.74 Å². The summed E-state index contributed by atoms with van der Waals surface area (Å²) in [6.45, 7) is 1.24. The molecule has 2 aromatic rings. The number of amides is 1. The van der Waals surface area contributed by atoms with Crippen molar-refractivity contribution in [3.63, 3.8) is 0 Å². The van der Waals surface area contributed by atoms with E-state index >= 15 is 0 Å². The number of ether oxygens (including phenoxy) is 1. The Morgan fingerprint density at radius 3 is 3.00 bits per heavy atom. The first-order valence-corrected chi connectivity index (χ1v) is 6.57. The molecule has 1 amide bonds. The number of nitrogens with one attached hydrogen (secondary N) is 1. The Morgan fingerprint density at radius 2 is 2.26 bits per heavy atom. The second kappa shape index (κ2) is 6.49. The summed E-state index contributed by atoms with van der Waals surface area (Å²) in [5, 5.41) is 6.94. The van der Waals surface area contributed by atoms with Gasteiger partial charge in [0.1, 0.15) is 0 Å². The van der Waals surface area contributed by atoms with Crippen LogP contribution in [-0.4, -0.2) is 29.4 Å². The van der Waals surface area contributed by atoms with Crippen LogP contribution in [0.1, 0.15) is 10.4 Å². The third-order valence-corrected chi connectivity index (χ3v) is 3.23. The van der Waals surface area contributed by atoms with Gasteiger partial charge in [-0.15, -0.1) is 0 Å². The van der Waals surface area contributed by atoms with E-state index in [2.05, 4.69) is 26.3 Å². The highest BCUT2D eigenvalue weighted by Crippen LogP contribution is 2.17. The molecular formula is C13H14BrN3O2. The molecule has 0 aliphatic heterocycles. The number of rotatable bonds is 5. The molecule has 0 aliphatic rings. The van der Waals surface area contributed by atoms with Crippen molar-refractivity contribution in [3.05, 3.63) is 46.7 Å². The molecule has 0 saturated carbocycles. The number of benzene rings is 1. The van der Waals surface area contributed by atoms with Crippen LogP contribution in [-0.2, 0) is 11.3 Å². The Kier molecular flexibility index (Phi) is 4.70. The van der Waals surface area contributed by atoms with Crippen LogP contribution in [0.4, 0.5) is 5.69 Å². The van der Waals surface area contributed by atoms with Gasteiger partial charge >= 0.3 is 0 Å². The van der Waals surface area contributed by atoms with E-state index < -0.39 is 0 Å². The van der Waals surface area contributed by atoms with Crippen LogP contribution in [0.15, 0.2) is 41.1 Å². The van der Waals surface area contributed by atoms with E-state index in [9.17, 15) is 4.79 Å². The van der Waals surface area contributed by atoms with E-state index in [1.807, 2.05) is 18.2 Å². The molecule has 19 heavy (non-hydrogen) atoms.